The van der Waals surface area contributed by atoms with Crippen LogP contribution >= 0.6 is 11.6 Å². The minimum atomic E-state index is -0.978. The predicted molar refractivity (Wildman–Crippen MR) is 83.6 cm³/mol. The summed E-state index contributed by atoms with van der Waals surface area (Å²) in [5, 5.41) is 11.7. The molecule has 2 atom stereocenters. The number of methoxy groups -OCH3 is 1. The molecular formula is C17H18ClNO2. The van der Waals surface area contributed by atoms with Crippen molar-refractivity contribution in [3.05, 3.63) is 64.2 Å². The van der Waals surface area contributed by atoms with Crippen LogP contribution in [0.1, 0.15) is 29.2 Å². The maximum absolute atomic E-state index is 11.1. The highest BCUT2D eigenvalue weighted by Crippen LogP contribution is 2.45. The van der Waals surface area contributed by atoms with E-state index in [1.165, 1.54) is 0 Å². The predicted octanol–water partition coefficient (Wildman–Crippen LogP) is 3.18. The Bertz CT molecular complexity index is 674. The van der Waals surface area contributed by atoms with Crippen LogP contribution in [0.5, 0.6) is 5.75 Å². The Labute approximate surface area is 129 Å². The van der Waals surface area contributed by atoms with E-state index in [-0.39, 0.29) is 6.04 Å². The van der Waals surface area contributed by atoms with Gasteiger partial charge in [0, 0.05) is 17.5 Å². The van der Waals surface area contributed by atoms with E-state index in [0.29, 0.717) is 17.9 Å². The Hall–Kier alpha value is -1.55. The third-order valence-corrected chi connectivity index (χ3v) is 4.38. The molecule has 110 valence electrons. The van der Waals surface area contributed by atoms with E-state index < -0.39 is 5.60 Å². The van der Waals surface area contributed by atoms with E-state index in [2.05, 4.69) is 0 Å². The van der Waals surface area contributed by atoms with E-state index in [4.69, 9.17) is 22.1 Å². The smallest absolute Gasteiger partial charge is 0.122 e. The summed E-state index contributed by atoms with van der Waals surface area (Å²) in [6, 6.07) is 13.1. The van der Waals surface area contributed by atoms with E-state index in [1.54, 1.807) is 13.2 Å². The van der Waals surface area contributed by atoms with Crippen molar-refractivity contribution in [1.29, 1.82) is 0 Å². The molecule has 0 saturated heterocycles. The fraction of sp³-hybridized carbons (Fsp3) is 0.294. The van der Waals surface area contributed by atoms with Crippen LogP contribution in [-0.2, 0) is 12.0 Å². The summed E-state index contributed by atoms with van der Waals surface area (Å²) >= 11 is 6.07. The number of benzene rings is 2. The van der Waals surface area contributed by atoms with Crippen molar-refractivity contribution in [2.45, 2.75) is 24.5 Å². The number of aliphatic hydroxyl groups is 1. The van der Waals surface area contributed by atoms with Crippen molar-refractivity contribution >= 4 is 11.6 Å². The summed E-state index contributed by atoms with van der Waals surface area (Å²) in [7, 11) is 1.62. The van der Waals surface area contributed by atoms with Crippen LogP contribution in [-0.4, -0.2) is 12.2 Å². The third kappa shape index (κ3) is 2.53. The highest BCUT2D eigenvalue weighted by atomic mass is 35.5. The Kier molecular flexibility index (Phi) is 3.66. The molecule has 1 aliphatic rings. The summed E-state index contributed by atoms with van der Waals surface area (Å²) in [6.45, 7) is 0. The van der Waals surface area contributed by atoms with Crippen molar-refractivity contribution in [2.24, 2.45) is 5.73 Å². The molecule has 0 aromatic heterocycles. The zero-order valence-electron chi connectivity index (χ0n) is 11.8. The van der Waals surface area contributed by atoms with Gasteiger partial charge in [0.25, 0.3) is 0 Å². The summed E-state index contributed by atoms with van der Waals surface area (Å²) in [5.74, 6) is 0.728. The second kappa shape index (κ2) is 5.34. The number of halogens is 1. The highest BCUT2D eigenvalue weighted by molar-refractivity contribution is 6.30. The van der Waals surface area contributed by atoms with Gasteiger partial charge < -0.3 is 15.6 Å². The molecule has 0 spiro atoms. The molecule has 3 rings (SSSR count). The Morgan fingerprint density at radius 2 is 2.10 bits per heavy atom. The minimum Gasteiger partial charge on any atom is -0.496 e. The largest absolute Gasteiger partial charge is 0.496 e. The van der Waals surface area contributed by atoms with Crippen molar-refractivity contribution in [3.8, 4) is 5.75 Å². The topological polar surface area (TPSA) is 55.5 Å². The van der Waals surface area contributed by atoms with Gasteiger partial charge in [0.05, 0.1) is 12.7 Å². The number of fused-ring (bicyclic) bond motifs is 1. The van der Waals surface area contributed by atoms with Gasteiger partial charge >= 0.3 is 0 Å². The number of rotatable bonds is 3. The Morgan fingerprint density at radius 1 is 1.33 bits per heavy atom. The summed E-state index contributed by atoms with van der Waals surface area (Å²) in [6.07, 6.45) is 0.934. The van der Waals surface area contributed by atoms with Gasteiger partial charge in [-0.3, -0.25) is 0 Å². The first-order valence-electron chi connectivity index (χ1n) is 6.93. The standard InChI is InChI=1S/C17H18ClNO2/c1-21-16-7-6-12(18)8-11(16)9-17(20)10-15(19)13-4-2-3-5-14(13)17/h2-8,15,20H,9-10,19H2,1H3. The average Bonchev–Trinajstić information content (AvgIpc) is 2.71. The van der Waals surface area contributed by atoms with Gasteiger partial charge in [0.15, 0.2) is 0 Å². The van der Waals surface area contributed by atoms with E-state index in [1.807, 2.05) is 36.4 Å². The zero-order valence-corrected chi connectivity index (χ0v) is 12.6. The van der Waals surface area contributed by atoms with Crippen LogP contribution < -0.4 is 10.5 Å². The molecule has 2 aromatic carbocycles. The van der Waals surface area contributed by atoms with E-state index in [9.17, 15) is 5.11 Å². The molecule has 3 N–H and O–H groups in total. The zero-order chi connectivity index (χ0) is 15.0. The van der Waals surface area contributed by atoms with Crippen LogP contribution in [0.25, 0.3) is 0 Å². The average molecular weight is 304 g/mol. The normalized spacial score (nSPS) is 23.9. The van der Waals surface area contributed by atoms with Crippen molar-refractivity contribution in [3.63, 3.8) is 0 Å². The van der Waals surface area contributed by atoms with Crippen LogP contribution in [0.4, 0.5) is 0 Å². The van der Waals surface area contributed by atoms with Gasteiger partial charge in [0.1, 0.15) is 5.75 Å². The van der Waals surface area contributed by atoms with Gasteiger partial charge in [-0.15, -0.1) is 0 Å². The number of ether oxygens (including phenoxy) is 1. The first-order valence-corrected chi connectivity index (χ1v) is 7.31. The lowest BCUT2D eigenvalue weighted by atomic mass is 9.88. The Balaban J connectivity index is 2.01. The molecule has 0 amide bonds. The SMILES string of the molecule is COc1ccc(Cl)cc1CC1(O)CC(N)c2ccccc21. The first-order chi connectivity index (χ1) is 10.0. The first kappa shape index (κ1) is 14.4. The van der Waals surface area contributed by atoms with Gasteiger partial charge in [-0.2, -0.15) is 0 Å². The van der Waals surface area contributed by atoms with Gasteiger partial charge in [0.2, 0.25) is 0 Å². The molecule has 0 bridgehead atoms. The maximum atomic E-state index is 11.1. The molecule has 2 aromatic rings. The molecule has 21 heavy (non-hydrogen) atoms. The summed E-state index contributed by atoms with van der Waals surface area (Å²) in [4.78, 5) is 0. The van der Waals surface area contributed by atoms with Crippen LogP contribution in [0.2, 0.25) is 5.02 Å². The molecule has 0 saturated carbocycles. The lowest BCUT2D eigenvalue weighted by Gasteiger charge is -2.25. The number of hydrogen-bond acceptors (Lipinski definition) is 3. The Morgan fingerprint density at radius 3 is 2.86 bits per heavy atom. The van der Waals surface area contributed by atoms with Crippen LogP contribution in [0.3, 0.4) is 0 Å². The minimum absolute atomic E-state index is 0.142. The molecule has 1 aliphatic carbocycles. The van der Waals surface area contributed by atoms with Gasteiger partial charge in [-0.1, -0.05) is 35.9 Å². The fourth-order valence-electron chi connectivity index (χ4n) is 3.20. The van der Waals surface area contributed by atoms with Crippen LogP contribution in [0.15, 0.2) is 42.5 Å². The molecule has 0 heterocycles. The quantitative estimate of drug-likeness (QED) is 0.915. The monoisotopic (exact) mass is 303 g/mol. The molecule has 0 fully saturated rings. The molecule has 4 heteroatoms. The molecule has 0 aliphatic heterocycles. The lowest BCUT2D eigenvalue weighted by molar-refractivity contribution is 0.0336. The van der Waals surface area contributed by atoms with Crippen molar-refractivity contribution in [2.75, 3.05) is 7.11 Å². The van der Waals surface area contributed by atoms with Gasteiger partial charge in [-0.25, -0.2) is 0 Å². The van der Waals surface area contributed by atoms with Crippen molar-refractivity contribution < 1.29 is 9.84 Å². The van der Waals surface area contributed by atoms with Crippen LogP contribution in [0, 0.1) is 0 Å². The summed E-state index contributed by atoms with van der Waals surface area (Å²) in [5.41, 5.74) is 7.98. The molecule has 3 nitrogen and oxygen atoms in total. The second-order valence-electron chi connectivity index (χ2n) is 5.56. The van der Waals surface area contributed by atoms with Gasteiger partial charge in [-0.05, 0) is 41.3 Å². The molecule has 0 radical (unpaired) electrons. The highest BCUT2D eigenvalue weighted by Gasteiger charge is 2.41. The third-order valence-electron chi connectivity index (χ3n) is 4.14. The maximum Gasteiger partial charge on any atom is 0.122 e. The fourth-order valence-corrected chi connectivity index (χ4v) is 3.39. The number of hydrogen-bond donors (Lipinski definition) is 2. The van der Waals surface area contributed by atoms with E-state index >= 15 is 0 Å². The second-order valence-corrected chi connectivity index (χ2v) is 6.00. The van der Waals surface area contributed by atoms with E-state index in [0.717, 1.165) is 22.4 Å². The number of nitrogens with two attached hydrogens (primary N) is 1. The lowest BCUT2D eigenvalue weighted by Crippen LogP contribution is -2.26. The molecule has 2 unspecified atom stereocenters. The summed E-state index contributed by atoms with van der Waals surface area (Å²) < 4.78 is 5.37. The molecular weight excluding hydrogens is 286 g/mol. The van der Waals surface area contributed by atoms with Crippen molar-refractivity contribution in [1.82, 2.24) is 0 Å².